The first-order valence-electron chi connectivity index (χ1n) is 4.72. The summed E-state index contributed by atoms with van der Waals surface area (Å²) in [5, 5.41) is 2.78. The van der Waals surface area contributed by atoms with Gasteiger partial charge in [0.05, 0.1) is 0 Å². The van der Waals surface area contributed by atoms with Crippen molar-refractivity contribution >= 4 is 5.91 Å². The number of carbonyl (C=O) groups is 1. The van der Waals surface area contributed by atoms with Crippen molar-refractivity contribution in [3.63, 3.8) is 0 Å². The number of hydrogen-bond acceptors (Lipinski definition) is 1. The van der Waals surface area contributed by atoms with Gasteiger partial charge in [-0.2, -0.15) is 0 Å². The zero-order valence-corrected chi connectivity index (χ0v) is 7.86. The summed E-state index contributed by atoms with van der Waals surface area (Å²) < 4.78 is 0. The maximum Gasteiger partial charge on any atom is 0.221 e. The van der Waals surface area contributed by atoms with E-state index < -0.39 is 0 Å². The van der Waals surface area contributed by atoms with Crippen molar-refractivity contribution in [2.75, 3.05) is 13.1 Å². The predicted octanol–water partition coefficient (Wildman–Crippen LogP) is 1.36. The summed E-state index contributed by atoms with van der Waals surface area (Å²) >= 11 is 0. The van der Waals surface area contributed by atoms with Crippen molar-refractivity contribution in [1.82, 2.24) is 11.1 Å². The molecule has 0 aromatic rings. The Kier molecular flexibility index (Phi) is 8.12. The average Bonchev–Trinajstić information content (AvgIpc) is 2.05. The molecule has 0 spiro atoms. The molecule has 0 aliphatic carbocycles. The van der Waals surface area contributed by atoms with Crippen LogP contribution >= 0.6 is 0 Å². The topological polar surface area (TPSA) is 52.9 Å². The van der Waals surface area contributed by atoms with E-state index in [9.17, 15) is 4.79 Å². The molecule has 3 heteroatoms. The van der Waals surface area contributed by atoms with Crippen molar-refractivity contribution in [2.45, 2.75) is 39.0 Å². The summed E-state index contributed by atoms with van der Waals surface area (Å²) in [5.74, 6) is 0.0153. The van der Waals surface area contributed by atoms with Crippen molar-refractivity contribution in [3.05, 3.63) is 0 Å². The third-order valence-corrected chi connectivity index (χ3v) is 1.70. The van der Waals surface area contributed by atoms with Crippen molar-refractivity contribution < 1.29 is 4.79 Å². The lowest BCUT2D eigenvalue weighted by atomic mass is 10.2. The average molecular weight is 171 g/mol. The predicted molar refractivity (Wildman–Crippen MR) is 49.7 cm³/mol. The molecule has 0 heterocycles. The third-order valence-electron chi connectivity index (χ3n) is 1.70. The molecule has 0 saturated carbocycles. The molecule has 2 N–H and O–H groups in total. The highest BCUT2D eigenvalue weighted by molar-refractivity contribution is 5.75. The van der Waals surface area contributed by atoms with Crippen LogP contribution < -0.4 is 11.1 Å². The lowest BCUT2D eigenvalue weighted by Crippen LogP contribution is -2.25. The first kappa shape index (κ1) is 11.4. The number of unbranched alkanes of at least 4 members (excludes halogenated alkanes) is 3. The molecule has 0 saturated heterocycles. The largest absolute Gasteiger partial charge is 0.356 e. The van der Waals surface area contributed by atoms with E-state index in [1.165, 1.54) is 19.3 Å². The molecule has 0 rings (SSSR count). The molecule has 0 fully saturated rings. The lowest BCUT2D eigenvalue weighted by Gasteiger charge is -2.02. The molecule has 12 heavy (non-hydrogen) atoms. The Hall–Kier alpha value is -0.570. The van der Waals surface area contributed by atoms with Crippen LogP contribution in [0.15, 0.2) is 0 Å². The number of rotatable bonds is 7. The van der Waals surface area contributed by atoms with Crippen LogP contribution in [-0.2, 0) is 4.79 Å². The van der Waals surface area contributed by atoms with Gasteiger partial charge in [0.2, 0.25) is 5.91 Å². The summed E-state index contributed by atoms with van der Waals surface area (Å²) in [4.78, 5) is 10.8. The van der Waals surface area contributed by atoms with E-state index in [4.69, 9.17) is 5.73 Å². The lowest BCUT2D eigenvalue weighted by molar-refractivity contribution is -0.120. The van der Waals surface area contributed by atoms with Gasteiger partial charge in [-0.1, -0.05) is 26.2 Å². The van der Waals surface area contributed by atoms with Gasteiger partial charge in [-0.3, -0.25) is 10.5 Å². The van der Waals surface area contributed by atoms with Crippen molar-refractivity contribution in [1.29, 1.82) is 0 Å². The Morgan fingerprint density at radius 1 is 1.33 bits per heavy atom. The Balaban J connectivity index is 3.03. The van der Waals surface area contributed by atoms with Gasteiger partial charge in [0.1, 0.15) is 0 Å². The van der Waals surface area contributed by atoms with Crippen LogP contribution in [0.1, 0.15) is 39.0 Å². The molecule has 0 unspecified atom stereocenters. The second kappa shape index (κ2) is 8.53. The molecule has 1 amide bonds. The van der Waals surface area contributed by atoms with Crippen molar-refractivity contribution in [2.24, 2.45) is 0 Å². The van der Waals surface area contributed by atoms with E-state index in [1.807, 2.05) is 0 Å². The summed E-state index contributed by atoms with van der Waals surface area (Å²) in [6, 6.07) is 0. The zero-order chi connectivity index (χ0) is 9.23. The Bertz CT molecular complexity index is 115. The number of carbonyl (C=O) groups excluding carboxylic acids is 1. The van der Waals surface area contributed by atoms with Gasteiger partial charge in [-0.25, -0.2) is 0 Å². The fraction of sp³-hybridized carbons (Fsp3) is 0.889. The summed E-state index contributed by atoms with van der Waals surface area (Å²) in [7, 11) is 0. The molecule has 3 nitrogen and oxygen atoms in total. The van der Waals surface area contributed by atoms with Crippen LogP contribution in [0.3, 0.4) is 0 Å². The molecule has 1 radical (unpaired) electrons. The van der Waals surface area contributed by atoms with Gasteiger partial charge < -0.3 is 5.32 Å². The minimum absolute atomic E-state index is 0.0153. The number of nitrogens with one attached hydrogen (secondary N) is 2. The highest BCUT2D eigenvalue weighted by Gasteiger charge is 1.96. The summed E-state index contributed by atoms with van der Waals surface area (Å²) in [6.45, 7) is 3.14. The van der Waals surface area contributed by atoms with Crippen LogP contribution in [0.25, 0.3) is 0 Å². The van der Waals surface area contributed by atoms with Gasteiger partial charge in [0.25, 0.3) is 0 Å². The van der Waals surface area contributed by atoms with E-state index in [-0.39, 0.29) is 12.5 Å². The van der Waals surface area contributed by atoms with E-state index in [0.29, 0.717) is 6.42 Å². The van der Waals surface area contributed by atoms with Crippen LogP contribution in [-0.4, -0.2) is 19.0 Å². The highest BCUT2D eigenvalue weighted by Crippen LogP contribution is 1.96. The quantitative estimate of drug-likeness (QED) is 0.578. The monoisotopic (exact) mass is 171 g/mol. The highest BCUT2D eigenvalue weighted by atomic mass is 16.1. The van der Waals surface area contributed by atoms with E-state index in [0.717, 1.165) is 13.0 Å². The maximum atomic E-state index is 10.8. The van der Waals surface area contributed by atoms with Gasteiger partial charge in [0, 0.05) is 19.5 Å². The Labute approximate surface area is 74.7 Å². The second-order valence-corrected chi connectivity index (χ2v) is 2.91. The first-order valence-corrected chi connectivity index (χ1v) is 4.72. The smallest absolute Gasteiger partial charge is 0.221 e. The minimum Gasteiger partial charge on any atom is -0.356 e. The SMILES string of the molecule is CCCCCCNC(=O)CC[NH]. The minimum atomic E-state index is 0.0153. The number of hydrogen-bond donors (Lipinski definition) is 1. The first-order chi connectivity index (χ1) is 5.81. The van der Waals surface area contributed by atoms with E-state index in [2.05, 4.69) is 12.2 Å². The molecular weight excluding hydrogens is 152 g/mol. The molecule has 0 aliphatic heterocycles. The molecule has 0 atom stereocenters. The third kappa shape index (κ3) is 7.54. The standard InChI is InChI=1S/C9H19N2O/c1-2-3-4-5-8-11-9(12)6-7-10/h10H,2-8H2,1H3,(H,11,12). The van der Waals surface area contributed by atoms with Crippen LogP contribution in [0.4, 0.5) is 0 Å². The van der Waals surface area contributed by atoms with Gasteiger partial charge in [0.15, 0.2) is 0 Å². The molecule has 0 aliphatic rings. The van der Waals surface area contributed by atoms with Crippen LogP contribution in [0.2, 0.25) is 0 Å². The fourth-order valence-electron chi connectivity index (χ4n) is 0.982. The molecule has 0 bridgehead atoms. The fourth-order valence-corrected chi connectivity index (χ4v) is 0.982. The van der Waals surface area contributed by atoms with Crippen molar-refractivity contribution in [3.8, 4) is 0 Å². The Morgan fingerprint density at radius 2 is 2.08 bits per heavy atom. The van der Waals surface area contributed by atoms with Gasteiger partial charge in [-0.15, -0.1) is 0 Å². The van der Waals surface area contributed by atoms with Gasteiger partial charge in [-0.05, 0) is 6.42 Å². The molecule has 0 aromatic heterocycles. The maximum absolute atomic E-state index is 10.8. The van der Waals surface area contributed by atoms with Gasteiger partial charge >= 0.3 is 0 Å². The van der Waals surface area contributed by atoms with E-state index in [1.54, 1.807) is 0 Å². The van der Waals surface area contributed by atoms with Crippen LogP contribution in [0.5, 0.6) is 0 Å². The second-order valence-electron chi connectivity index (χ2n) is 2.91. The summed E-state index contributed by atoms with van der Waals surface area (Å²) in [5.41, 5.74) is 6.82. The van der Waals surface area contributed by atoms with E-state index >= 15 is 0 Å². The van der Waals surface area contributed by atoms with Crippen LogP contribution in [0, 0.1) is 0 Å². The number of amides is 1. The molecule has 71 valence electrons. The summed E-state index contributed by atoms with van der Waals surface area (Å²) in [6.07, 6.45) is 5.07. The zero-order valence-electron chi connectivity index (χ0n) is 7.86. The molecule has 0 aromatic carbocycles. The normalized spacial score (nSPS) is 9.83. The molecular formula is C9H19N2O. The Morgan fingerprint density at radius 3 is 2.67 bits per heavy atom.